The highest BCUT2D eigenvalue weighted by Gasteiger charge is 2.54. The summed E-state index contributed by atoms with van der Waals surface area (Å²) in [5.74, 6) is -1.09. The van der Waals surface area contributed by atoms with Crippen LogP contribution in [0.25, 0.3) is 11.3 Å². The molecule has 1 N–H and O–H groups in total. The first-order valence-corrected chi connectivity index (χ1v) is 15.7. The third-order valence-corrected chi connectivity index (χ3v) is 9.92. The summed E-state index contributed by atoms with van der Waals surface area (Å²) in [6.45, 7) is 5.10. The van der Waals surface area contributed by atoms with Crippen molar-refractivity contribution in [3.8, 4) is 11.3 Å². The standard InChI is InChI=1S/C30H38FN5O5S/c1-40-15-14-34-10-12-35(13-11-34)30-32-23(18-42-30)19-6-8-21(9-7-19)28(38)33-25(20-4-2-3-5-20)29(39)36-16-22(31)27-26(36)24(37)17-41-27/h6-9,18,20,22,25-27H,2-5,10-17H2,1H3,(H,33,38)/t22-,25-,26+,27+/m0/s1. The van der Waals surface area contributed by atoms with Gasteiger partial charge < -0.3 is 24.6 Å². The largest absolute Gasteiger partial charge is 0.383 e. The predicted octanol–water partition coefficient (Wildman–Crippen LogP) is 2.38. The van der Waals surface area contributed by atoms with Gasteiger partial charge in [-0.1, -0.05) is 25.0 Å². The van der Waals surface area contributed by atoms with Crippen molar-refractivity contribution in [1.82, 2.24) is 20.1 Å². The molecule has 3 aliphatic heterocycles. The second-order valence-corrected chi connectivity index (χ2v) is 12.4. The number of carbonyl (C=O) groups excluding carboxylic acids is 3. The van der Waals surface area contributed by atoms with Crippen molar-refractivity contribution in [1.29, 1.82) is 0 Å². The molecule has 3 saturated heterocycles. The zero-order chi connectivity index (χ0) is 29.2. The summed E-state index contributed by atoms with van der Waals surface area (Å²) in [7, 11) is 1.73. The van der Waals surface area contributed by atoms with Crippen LogP contribution in [0.4, 0.5) is 9.52 Å². The Balaban J connectivity index is 1.10. The van der Waals surface area contributed by atoms with E-state index in [0.717, 1.165) is 81.4 Å². The predicted molar refractivity (Wildman–Crippen MR) is 156 cm³/mol. The van der Waals surface area contributed by atoms with E-state index in [2.05, 4.69) is 15.1 Å². The molecular weight excluding hydrogens is 561 g/mol. The number of nitrogens with one attached hydrogen (secondary N) is 1. The zero-order valence-corrected chi connectivity index (χ0v) is 24.7. The Bertz CT molecular complexity index is 1280. The molecule has 0 unspecified atom stereocenters. The van der Waals surface area contributed by atoms with Crippen LogP contribution in [0.15, 0.2) is 29.6 Å². The minimum Gasteiger partial charge on any atom is -0.383 e. The number of rotatable bonds is 9. The van der Waals surface area contributed by atoms with Gasteiger partial charge in [0.25, 0.3) is 5.91 Å². The number of aromatic nitrogens is 1. The molecule has 0 bridgehead atoms. The molecule has 0 radical (unpaired) electrons. The average Bonchev–Trinajstić information content (AvgIpc) is 3.83. The van der Waals surface area contributed by atoms with E-state index in [1.165, 1.54) is 4.90 Å². The maximum atomic E-state index is 14.6. The van der Waals surface area contributed by atoms with E-state index in [-0.39, 0.29) is 30.8 Å². The fourth-order valence-corrected chi connectivity index (χ4v) is 7.51. The highest BCUT2D eigenvalue weighted by atomic mass is 32.1. The molecular formula is C30H38FN5O5S. The van der Waals surface area contributed by atoms with Gasteiger partial charge in [-0.05, 0) is 30.9 Å². The van der Waals surface area contributed by atoms with Gasteiger partial charge >= 0.3 is 0 Å². The van der Waals surface area contributed by atoms with Crippen molar-refractivity contribution < 1.29 is 28.2 Å². The molecule has 1 aliphatic carbocycles. The summed E-state index contributed by atoms with van der Waals surface area (Å²) < 4.78 is 25.1. The number of anilines is 1. The Kier molecular flexibility index (Phi) is 8.85. The van der Waals surface area contributed by atoms with Crippen LogP contribution >= 0.6 is 11.3 Å². The maximum absolute atomic E-state index is 14.6. The molecule has 42 heavy (non-hydrogen) atoms. The molecule has 226 valence electrons. The summed E-state index contributed by atoms with van der Waals surface area (Å²) in [6, 6.07) is 5.51. The van der Waals surface area contributed by atoms with Crippen molar-refractivity contribution in [3.63, 3.8) is 0 Å². The molecule has 1 aromatic carbocycles. The van der Waals surface area contributed by atoms with Crippen LogP contribution in [-0.4, -0.2) is 116 Å². The summed E-state index contributed by atoms with van der Waals surface area (Å²) in [5, 5.41) is 5.97. The van der Waals surface area contributed by atoms with Crippen LogP contribution < -0.4 is 10.2 Å². The normalized spacial score (nSPS) is 25.7. The molecule has 6 rings (SSSR count). The highest BCUT2D eigenvalue weighted by molar-refractivity contribution is 7.14. The summed E-state index contributed by atoms with van der Waals surface area (Å²) >= 11 is 1.62. The van der Waals surface area contributed by atoms with E-state index >= 15 is 0 Å². The van der Waals surface area contributed by atoms with Crippen LogP contribution in [0, 0.1) is 5.92 Å². The second kappa shape index (κ2) is 12.7. The first-order chi connectivity index (χ1) is 20.4. The fourth-order valence-electron chi connectivity index (χ4n) is 6.62. The number of thiazole rings is 1. The van der Waals surface area contributed by atoms with Crippen LogP contribution in [0.5, 0.6) is 0 Å². The Morgan fingerprint density at radius 3 is 2.62 bits per heavy atom. The molecule has 12 heteroatoms. The fraction of sp³-hybridized carbons (Fsp3) is 0.600. The van der Waals surface area contributed by atoms with Gasteiger partial charge in [0.1, 0.15) is 31.0 Å². The number of nitrogens with zero attached hydrogens (tertiary/aromatic N) is 4. The van der Waals surface area contributed by atoms with Crippen molar-refractivity contribution in [2.45, 2.75) is 50.0 Å². The lowest BCUT2D eigenvalue weighted by molar-refractivity contribution is -0.139. The van der Waals surface area contributed by atoms with E-state index in [9.17, 15) is 18.8 Å². The van der Waals surface area contributed by atoms with E-state index in [0.29, 0.717) is 5.56 Å². The number of carbonyl (C=O) groups is 3. The van der Waals surface area contributed by atoms with Gasteiger partial charge in [-0.2, -0.15) is 0 Å². The number of hydrogen-bond acceptors (Lipinski definition) is 9. The number of fused-ring (bicyclic) bond motifs is 1. The number of alkyl halides is 1. The number of halogens is 1. The lowest BCUT2D eigenvalue weighted by Crippen LogP contribution is -2.54. The van der Waals surface area contributed by atoms with Crippen LogP contribution in [0.2, 0.25) is 0 Å². The van der Waals surface area contributed by atoms with Crippen molar-refractivity contribution in [2.75, 3.05) is 64.5 Å². The molecule has 2 aromatic rings. The molecule has 0 spiro atoms. The number of piperazine rings is 1. The van der Waals surface area contributed by atoms with E-state index in [1.807, 2.05) is 17.5 Å². The zero-order valence-electron chi connectivity index (χ0n) is 23.9. The smallest absolute Gasteiger partial charge is 0.251 e. The van der Waals surface area contributed by atoms with Gasteiger partial charge in [0.2, 0.25) is 5.91 Å². The topological polar surface area (TPSA) is 104 Å². The van der Waals surface area contributed by atoms with Crippen LogP contribution in [0.3, 0.4) is 0 Å². The highest BCUT2D eigenvalue weighted by Crippen LogP contribution is 2.34. The number of hydrogen-bond donors (Lipinski definition) is 1. The second-order valence-electron chi connectivity index (χ2n) is 11.6. The number of ether oxygens (including phenoxy) is 2. The summed E-state index contributed by atoms with van der Waals surface area (Å²) in [5.41, 5.74) is 2.20. The van der Waals surface area contributed by atoms with E-state index in [1.54, 1.807) is 30.6 Å². The first kappa shape index (κ1) is 29.2. The molecule has 1 aromatic heterocycles. The third-order valence-electron chi connectivity index (χ3n) is 9.02. The van der Waals surface area contributed by atoms with E-state index < -0.39 is 30.3 Å². The van der Waals surface area contributed by atoms with E-state index in [4.69, 9.17) is 14.5 Å². The number of amides is 2. The lowest BCUT2D eigenvalue weighted by atomic mass is 9.95. The van der Waals surface area contributed by atoms with Gasteiger partial charge in [0.05, 0.1) is 18.8 Å². The van der Waals surface area contributed by atoms with Gasteiger partial charge in [-0.15, -0.1) is 11.3 Å². The van der Waals surface area contributed by atoms with Crippen LogP contribution in [0.1, 0.15) is 36.0 Å². The molecule has 10 nitrogen and oxygen atoms in total. The van der Waals surface area contributed by atoms with Gasteiger partial charge in [-0.3, -0.25) is 19.3 Å². The molecule has 4 heterocycles. The Hall–Kier alpha value is -2.93. The minimum atomic E-state index is -1.41. The molecule has 1 saturated carbocycles. The molecule has 4 aliphatic rings. The first-order valence-electron chi connectivity index (χ1n) is 14.8. The van der Waals surface area contributed by atoms with Gasteiger partial charge in [0, 0.05) is 56.3 Å². The summed E-state index contributed by atoms with van der Waals surface area (Å²) in [6.07, 6.45) is 1.22. The van der Waals surface area contributed by atoms with Gasteiger partial charge in [0.15, 0.2) is 10.9 Å². The molecule has 4 atom stereocenters. The third kappa shape index (κ3) is 5.95. The molecule has 2 amide bonds. The Morgan fingerprint density at radius 2 is 1.90 bits per heavy atom. The number of likely N-dealkylation sites (tertiary alicyclic amines) is 1. The Morgan fingerprint density at radius 1 is 1.17 bits per heavy atom. The van der Waals surface area contributed by atoms with Crippen molar-refractivity contribution in [2.24, 2.45) is 5.92 Å². The number of methoxy groups -OCH3 is 1. The molecule has 4 fully saturated rings. The number of benzene rings is 1. The summed E-state index contributed by atoms with van der Waals surface area (Å²) in [4.78, 5) is 50.3. The lowest BCUT2D eigenvalue weighted by Gasteiger charge is -2.34. The number of Topliss-reactive ketones (excluding diaryl/α,β-unsaturated/α-hetero) is 1. The number of ketones is 1. The Labute approximate surface area is 249 Å². The van der Waals surface area contributed by atoms with Crippen LogP contribution in [-0.2, 0) is 19.1 Å². The SMILES string of the molecule is COCCN1CCN(c2nc(-c3ccc(C(=O)N[C@H](C(=O)N4C[C@H](F)[C@H]5OCC(=O)[C@H]54)C4CCCC4)cc3)cs2)CC1. The monoisotopic (exact) mass is 599 g/mol. The average molecular weight is 600 g/mol. The van der Waals surface area contributed by atoms with Crippen molar-refractivity contribution in [3.05, 3.63) is 35.2 Å². The maximum Gasteiger partial charge on any atom is 0.251 e. The minimum absolute atomic E-state index is 0.0504. The quantitative estimate of drug-likeness (QED) is 0.469. The van der Waals surface area contributed by atoms with Gasteiger partial charge in [-0.25, -0.2) is 9.37 Å². The van der Waals surface area contributed by atoms with Crippen molar-refractivity contribution >= 4 is 34.1 Å².